The van der Waals surface area contributed by atoms with Gasteiger partial charge in [0.25, 0.3) is 5.91 Å². The number of hydrogen-bond donors (Lipinski definition) is 1. The van der Waals surface area contributed by atoms with E-state index in [0.717, 1.165) is 5.56 Å². The molecule has 7 heteroatoms. The highest BCUT2D eigenvalue weighted by Gasteiger charge is 2.46. The number of carbonyl (C=O) groups excluding carboxylic acids is 2. The van der Waals surface area contributed by atoms with Crippen LogP contribution in [-0.2, 0) is 10.2 Å². The Morgan fingerprint density at radius 2 is 1.58 bits per heavy atom. The van der Waals surface area contributed by atoms with Gasteiger partial charge in [0, 0.05) is 16.6 Å². The molecule has 0 saturated carbocycles. The Morgan fingerprint density at radius 1 is 0.921 bits per heavy atom. The summed E-state index contributed by atoms with van der Waals surface area (Å²) in [6.07, 6.45) is 0. The van der Waals surface area contributed by atoms with Crippen molar-refractivity contribution in [3.63, 3.8) is 0 Å². The second-order valence-electron chi connectivity index (χ2n) is 10.2. The van der Waals surface area contributed by atoms with Gasteiger partial charge in [0.1, 0.15) is 5.75 Å². The minimum atomic E-state index is -0.943. The number of methoxy groups -OCH3 is 2. The van der Waals surface area contributed by atoms with E-state index in [2.05, 4.69) is 20.8 Å². The summed E-state index contributed by atoms with van der Waals surface area (Å²) in [4.78, 5) is 28.9. The van der Waals surface area contributed by atoms with Gasteiger partial charge >= 0.3 is 0 Å². The predicted octanol–water partition coefficient (Wildman–Crippen LogP) is 6.53. The molecular weight excluding hydrogens is 482 g/mol. The summed E-state index contributed by atoms with van der Waals surface area (Å²) in [5.41, 5.74) is 2.43. The Balaban J connectivity index is 1.66. The molecule has 0 bridgehead atoms. The van der Waals surface area contributed by atoms with Gasteiger partial charge in [-0.1, -0.05) is 63.2 Å². The first-order valence-electron chi connectivity index (χ1n) is 12.3. The normalized spacial score (nSPS) is 15.9. The third-order valence-corrected chi connectivity index (χ3v) is 6.85. The van der Waals surface area contributed by atoms with E-state index in [1.54, 1.807) is 48.5 Å². The standard InChI is InChI=1S/C31H29NO6/c1-31(2,3)19-13-15-20(16-14-19)32-26(21-10-6-7-11-22(21)36-4)25(28(34)30(32)35)27(33)24-17-18-9-8-12-23(37-5)29(18)38-24/h6-17,26,34H,1-5H3. The third-order valence-electron chi connectivity index (χ3n) is 6.85. The number of ether oxygens (including phenoxy) is 2. The highest BCUT2D eigenvalue weighted by molar-refractivity contribution is 6.20. The van der Waals surface area contributed by atoms with Crippen LogP contribution >= 0.6 is 0 Å². The number of para-hydroxylation sites is 2. The molecule has 194 valence electrons. The van der Waals surface area contributed by atoms with Crippen LogP contribution in [0.1, 0.15) is 48.5 Å². The molecule has 2 heterocycles. The molecule has 1 aliphatic rings. The Bertz CT molecular complexity index is 1570. The van der Waals surface area contributed by atoms with Gasteiger partial charge in [0.2, 0.25) is 5.78 Å². The quantitative estimate of drug-likeness (QED) is 0.296. The highest BCUT2D eigenvalue weighted by atomic mass is 16.5. The number of amides is 1. The molecular formula is C31H29NO6. The van der Waals surface area contributed by atoms with Gasteiger partial charge in [-0.2, -0.15) is 0 Å². The molecule has 0 fully saturated rings. The lowest BCUT2D eigenvalue weighted by molar-refractivity contribution is -0.117. The number of benzene rings is 3. The summed E-state index contributed by atoms with van der Waals surface area (Å²) in [6, 6.07) is 20.7. The lowest BCUT2D eigenvalue weighted by atomic mass is 9.87. The number of ketones is 1. The van der Waals surface area contributed by atoms with Crippen LogP contribution in [0.3, 0.4) is 0 Å². The Morgan fingerprint density at radius 3 is 2.24 bits per heavy atom. The van der Waals surface area contributed by atoms with Crippen molar-refractivity contribution in [3.8, 4) is 11.5 Å². The molecule has 7 nitrogen and oxygen atoms in total. The molecule has 1 atom stereocenters. The second-order valence-corrected chi connectivity index (χ2v) is 10.2. The summed E-state index contributed by atoms with van der Waals surface area (Å²) >= 11 is 0. The fourth-order valence-electron chi connectivity index (χ4n) is 4.85. The Hall–Kier alpha value is -4.52. The van der Waals surface area contributed by atoms with E-state index in [1.165, 1.54) is 19.1 Å². The fourth-order valence-corrected chi connectivity index (χ4v) is 4.85. The average molecular weight is 512 g/mol. The van der Waals surface area contributed by atoms with Crippen LogP contribution in [0, 0.1) is 0 Å². The average Bonchev–Trinajstić information content (AvgIpc) is 3.47. The molecule has 0 saturated heterocycles. The first-order valence-corrected chi connectivity index (χ1v) is 12.3. The van der Waals surface area contributed by atoms with Crippen molar-refractivity contribution < 1.29 is 28.6 Å². The number of carbonyl (C=O) groups is 2. The number of aliphatic hydroxyl groups excluding tert-OH is 1. The van der Waals surface area contributed by atoms with Crippen LogP contribution < -0.4 is 14.4 Å². The Labute approximate surface area is 220 Å². The van der Waals surface area contributed by atoms with E-state index in [4.69, 9.17) is 13.9 Å². The SMILES string of the molecule is COc1ccccc1C1C(C(=O)c2cc3cccc(OC)c3o2)=C(O)C(=O)N1c1ccc(C(C)(C)C)cc1. The minimum Gasteiger partial charge on any atom is -0.503 e. The zero-order chi connectivity index (χ0) is 27.2. The number of anilines is 1. The molecule has 1 unspecified atom stereocenters. The van der Waals surface area contributed by atoms with Gasteiger partial charge in [0.15, 0.2) is 22.9 Å². The Kier molecular flexibility index (Phi) is 6.23. The molecule has 5 rings (SSSR count). The molecule has 3 aromatic carbocycles. The maximum atomic E-state index is 13.9. The predicted molar refractivity (Wildman–Crippen MR) is 145 cm³/mol. The summed E-state index contributed by atoms with van der Waals surface area (Å²) < 4.78 is 16.9. The number of aliphatic hydroxyl groups is 1. The van der Waals surface area contributed by atoms with E-state index in [-0.39, 0.29) is 16.7 Å². The molecule has 0 radical (unpaired) electrons. The van der Waals surface area contributed by atoms with Crippen LogP contribution in [0.25, 0.3) is 11.0 Å². The highest BCUT2D eigenvalue weighted by Crippen LogP contribution is 2.45. The molecule has 1 N–H and O–H groups in total. The van der Waals surface area contributed by atoms with Gasteiger partial charge < -0.3 is 19.0 Å². The van der Waals surface area contributed by atoms with Crippen molar-refractivity contribution in [1.82, 2.24) is 0 Å². The van der Waals surface area contributed by atoms with Crippen LogP contribution in [-0.4, -0.2) is 31.0 Å². The number of rotatable bonds is 6. The van der Waals surface area contributed by atoms with Crippen molar-refractivity contribution >= 4 is 28.3 Å². The van der Waals surface area contributed by atoms with E-state index in [9.17, 15) is 14.7 Å². The molecule has 0 spiro atoms. The minimum absolute atomic E-state index is 0.0105. The van der Waals surface area contributed by atoms with Crippen molar-refractivity contribution in [2.24, 2.45) is 0 Å². The van der Waals surface area contributed by atoms with Crippen molar-refractivity contribution in [3.05, 3.63) is 101 Å². The summed E-state index contributed by atoms with van der Waals surface area (Å²) in [6.45, 7) is 6.31. The van der Waals surface area contributed by atoms with E-state index >= 15 is 0 Å². The zero-order valence-electron chi connectivity index (χ0n) is 21.9. The van der Waals surface area contributed by atoms with E-state index in [0.29, 0.717) is 33.7 Å². The lowest BCUT2D eigenvalue weighted by Crippen LogP contribution is -2.31. The van der Waals surface area contributed by atoms with Crippen molar-refractivity contribution in [2.45, 2.75) is 32.2 Å². The topological polar surface area (TPSA) is 89.2 Å². The van der Waals surface area contributed by atoms with Crippen LogP contribution in [0.5, 0.6) is 11.5 Å². The monoisotopic (exact) mass is 511 g/mol. The van der Waals surface area contributed by atoms with Crippen LogP contribution in [0.4, 0.5) is 5.69 Å². The van der Waals surface area contributed by atoms with Gasteiger partial charge in [-0.05, 0) is 41.3 Å². The largest absolute Gasteiger partial charge is 0.503 e. The maximum Gasteiger partial charge on any atom is 0.294 e. The summed E-state index contributed by atoms with van der Waals surface area (Å²) in [7, 11) is 3.04. The van der Waals surface area contributed by atoms with Crippen LogP contribution in [0.2, 0.25) is 0 Å². The zero-order valence-corrected chi connectivity index (χ0v) is 21.9. The number of furan rings is 1. The molecule has 1 aromatic heterocycles. The summed E-state index contributed by atoms with van der Waals surface area (Å²) in [5, 5.41) is 11.8. The molecule has 0 aliphatic carbocycles. The number of hydrogen-bond acceptors (Lipinski definition) is 6. The second kappa shape index (κ2) is 9.41. The van der Waals surface area contributed by atoms with Gasteiger partial charge in [0.05, 0.1) is 25.8 Å². The molecule has 4 aromatic rings. The number of fused-ring (bicyclic) bond motifs is 1. The summed E-state index contributed by atoms with van der Waals surface area (Å²) in [5.74, 6) is -0.959. The first-order chi connectivity index (χ1) is 18.2. The maximum absolute atomic E-state index is 13.9. The van der Waals surface area contributed by atoms with E-state index in [1.807, 2.05) is 24.3 Å². The first kappa shape index (κ1) is 25.1. The van der Waals surface area contributed by atoms with Crippen LogP contribution in [0.15, 0.2) is 88.5 Å². The smallest absolute Gasteiger partial charge is 0.294 e. The van der Waals surface area contributed by atoms with Crippen molar-refractivity contribution in [1.29, 1.82) is 0 Å². The molecule has 38 heavy (non-hydrogen) atoms. The van der Waals surface area contributed by atoms with Crippen molar-refractivity contribution in [2.75, 3.05) is 19.1 Å². The van der Waals surface area contributed by atoms with Gasteiger partial charge in [-0.25, -0.2) is 0 Å². The van der Waals surface area contributed by atoms with Gasteiger partial charge in [-0.15, -0.1) is 0 Å². The molecule has 1 amide bonds. The third kappa shape index (κ3) is 4.10. The van der Waals surface area contributed by atoms with Gasteiger partial charge in [-0.3, -0.25) is 14.5 Å². The van der Waals surface area contributed by atoms with E-state index < -0.39 is 23.5 Å². The lowest BCUT2D eigenvalue weighted by Gasteiger charge is -2.28. The fraction of sp³-hybridized carbons (Fsp3) is 0.226. The number of Topliss-reactive ketones (excluding diaryl/α,β-unsaturated/α-hetero) is 1. The number of nitrogens with zero attached hydrogens (tertiary/aromatic N) is 1. The molecule has 1 aliphatic heterocycles.